The molecule has 1 aromatic heterocycles. The minimum atomic E-state index is -0.294. The molecular weight excluding hydrogens is 210 g/mol. The van der Waals surface area contributed by atoms with Gasteiger partial charge in [0.25, 0.3) is 0 Å². The van der Waals surface area contributed by atoms with Crippen LogP contribution in [-0.2, 0) is 0 Å². The van der Waals surface area contributed by atoms with Crippen LogP contribution in [-0.4, -0.2) is 30.6 Å². The van der Waals surface area contributed by atoms with Crippen LogP contribution in [0.5, 0.6) is 0 Å². The van der Waals surface area contributed by atoms with E-state index in [1.807, 2.05) is 11.4 Å². The van der Waals surface area contributed by atoms with Crippen LogP contribution in [0.15, 0.2) is 11.4 Å². The average molecular weight is 225 g/mol. The van der Waals surface area contributed by atoms with Gasteiger partial charge in [0.15, 0.2) is 6.29 Å². The maximum Gasteiger partial charge on any atom is 0.160 e. The molecule has 3 nitrogen and oxygen atoms in total. The highest BCUT2D eigenvalue weighted by Gasteiger charge is 2.38. The number of carbonyl (C=O) groups is 1. The zero-order valence-electron chi connectivity index (χ0n) is 8.93. The van der Waals surface area contributed by atoms with Crippen molar-refractivity contribution in [2.75, 3.05) is 18.0 Å². The molecule has 1 N–H and O–H groups in total. The number of aliphatic hydroxyl groups is 1. The van der Waals surface area contributed by atoms with Gasteiger partial charge in [0.2, 0.25) is 0 Å². The standard InChI is InChI=1S/C11H15NO2S/c1-11(2)7-12(4-10(11)14)8-3-9(5-13)15-6-8/h3,5-6,10,14H,4,7H2,1-2H3. The number of carbonyl (C=O) groups excluding carboxylic acids is 1. The van der Waals surface area contributed by atoms with E-state index in [0.29, 0.717) is 6.54 Å². The lowest BCUT2D eigenvalue weighted by Crippen LogP contribution is -2.26. The number of aliphatic hydroxyl groups excluding tert-OH is 1. The Hall–Kier alpha value is -0.870. The third-order valence-electron chi connectivity index (χ3n) is 2.98. The van der Waals surface area contributed by atoms with Crippen molar-refractivity contribution < 1.29 is 9.90 Å². The summed E-state index contributed by atoms with van der Waals surface area (Å²) >= 11 is 1.45. The third-order valence-corrected chi connectivity index (χ3v) is 3.83. The van der Waals surface area contributed by atoms with E-state index in [2.05, 4.69) is 18.7 Å². The molecule has 1 aliphatic heterocycles. The number of hydrogen-bond acceptors (Lipinski definition) is 4. The number of anilines is 1. The maximum absolute atomic E-state index is 10.6. The molecule has 1 aliphatic rings. The molecule has 0 aliphatic carbocycles. The summed E-state index contributed by atoms with van der Waals surface area (Å²) in [6, 6.07) is 1.88. The number of β-amino-alcohol motifs (C(OH)–C–C–N with tert-alkyl or cyclic N) is 1. The minimum Gasteiger partial charge on any atom is -0.391 e. The highest BCUT2D eigenvalue weighted by atomic mass is 32.1. The first-order valence-electron chi connectivity index (χ1n) is 4.99. The molecule has 1 unspecified atom stereocenters. The predicted octanol–water partition coefficient (Wildman–Crippen LogP) is 1.77. The maximum atomic E-state index is 10.6. The van der Waals surface area contributed by atoms with E-state index < -0.39 is 0 Å². The van der Waals surface area contributed by atoms with Gasteiger partial charge in [-0.05, 0) is 6.07 Å². The summed E-state index contributed by atoms with van der Waals surface area (Å²) in [5.74, 6) is 0. The van der Waals surface area contributed by atoms with Crippen LogP contribution in [0.3, 0.4) is 0 Å². The molecule has 2 heterocycles. The van der Waals surface area contributed by atoms with Crippen molar-refractivity contribution in [2.45, 2.75) is 20.0 Å². The highest BCUT2D eigenvalue weighted by Crippen LogP contribution is 2.34. The molecule has 82 valence electrons. The highest BCUT2D eigenvalue weighted by molar-refractivity contribution is 7.12. The molecule has 1 aromatic rings. The van der Waals surface area contributed by atoms with E-state index in [1.54, 1.807) is 0 Å². The first-order chi connectivity index (χ1) is 7.03. The van der Waals surface area contributed by atoms with Gasteiger partial charge in [-0.25, -0.2) is 0 Å². The summed E-state index contributed by atoms with van der Waals surface area (Å²) < 4.78 is 0. The Morgan fingerprint density at radius 3 is 2.87 bits per heavy atom. The van der Waals surface area contributed by atoms with Gasteiger partial charge in [0.05, 0.1) is 11.0 Å². The predicted molar refractivity (Wildman–Crippen MR) is 61.7 cm³/mol. The Balaban J connectivity index is 2.17. The van der Waals surface area contributed by atoms with Gasteiger partial charge in [0.1, 0.15) is 0 Å². The molecule has 0 bridgehead atoms. The number of aldehydes is 1. The van der Waals surface area contributed by atoms with Crippen molar-refractivity contribution in [2.24, 2.45) is 5.41 Å². The van der Waals surface area contributed by atoms with Gasteiger partial charge in [-0.1, -0.05) is 13.8 Å². The van der Waals surface area contributed by atoms with Gasteiger partial charge >= 0.3 is 0 Å². The largest absolute Gasteiger partial charge is 0.391 e. The monoisotopic (exact) mass is 225 g/mol. The van der Waals surface area contributed by atoms with Crippen LogP contribution in [0.4, 0.5) is 5.69 Å². The summed E-state index contributed by atoms with van der Waals surface area (Å²) in [5.41, 5.74) is 0.982. The Kier molecular flexibility index (Phi) is 2.56. The fourth-order valence-electron chi connectivity index (χ4n) is 1.88. The number of rotatable bonds is 2. The van der Waals surface area contributed by atoms with Crippen molar-refractivity contribution in [3.63, 3.8) is 0 Å². The first-order valence-corrected chi connectivity index (χ1v) is 5.87. The summed E-state index contributed by atoms with van der Waals surface area (Å²) in [4.78, 5) is 13.4. The summed E-state index contributed by atoms with van der Waals surface area (Å²) in [5, 5.41) is 11.8. The molecule has 2 rings (SSSR count). The van der Waals surface area contributed by atoms with Crippen LogP contribution >= 0.6 is 11.3 Å². The lowest BCUT2D eigenvalue weighted by Gasteiger charge is -2.21. The Labute approximate surface area is 93.3 Å². The van der Waals surface area contributed by atoms with Crippen LogP contribution < -0.4 is 4.90 Å². The molecule has 0 saturated carbocycles. The number of nitrogens with zero attached hydrogens (tertiary/aromatic N) is 1. The van der Waals surface area contributed by atoms with Gasteiger partial charge in [-0.3, -0.25) is 4.79 Å². The Morgan fingerprint density at radius 2 is 2.40 bits per heavy atom. The van der Waals surface area contributed by atoms with Crippen LogP contribution in [0, 0.1) is 5.41 Å². The quantitative estimate of drug-likeness (QED) is 0.780. The van der Waals surface area contributed by atoms with E-state index >= 15 is 0 Å². The molecule has 1 saturated heterocycles. The van der Waals surface area contributed by atoms with E-state index in [-0.39, 0.29) is 11.5 Å². The second-order valence-electron chi connectivity index (χ2n) is 4.71. The molecular formula is C11H15NO2S. The topological polar surface area (TPSA) is 40.5 Å². The van der Waals surface area contributed by atoms with Crippen molar-refractivity contribution in [3.8, 4) is 0 Å². The van der Waals surface area contributed by atoms with E-state index in [0.717, 1.165) is 23.4 Å². The van der Waals surface area contributed by atoms with Crippen molar-refractivity contribution in [1.29, 1.82) is 0 Å². The van der Waals surface area contributed by atoms with Crippen molar-refractivity contribution in [1.82, 2.24) is 0 Å². The number of thiophene rings is 1. The van der Waals surface area contributed by atoms with Crippen molar-refractivity contribution >= 4 is 23.3 Å². The molecule has 0 spiro atoms. The number of hydrogen-bond donors (Lipinski definition) is 1. The Morgan fingerprint density at radius 1 is 1.67 bits per heavy atom. The van der Waals surface area contributed by atoms with Gasteiger partial charge in [0, 0.05) is 29.6 Å². The molecule has 1 atom stereocenters. The van der Waals surface area contributed by atoms with Gasteiger partial charge < -0.3 is 10.0 Å². The molecule has 0 amide bonds. The molecule has 1 fully saturated rings. The lowest BCUT2D eigenvalue weighted by molar-refractivity contribution is 0.0964. The summed E-state index contributed by atoms with van der Waals surface area (Å²) in [7, 11) is 0. The lowest BCUT2D eigenvalue weighted by atomic mass is 9.90. The van der Waals surface area contributed by atoms with E-state index in [9.17, 15) is 9.90 Å². The Bertz CT molecular complexity index is 372. The zero-order chi connectivity index (χ0) is 11.1. The SMILES string of the molecule is CC1(C)CN(c2csc(C=O)c2)CC1O. The summed E-state index contributed by atoms with van der Waals surface area (Å²) in [6.45, 7) is 5.61. The fraction of sp³-hybridized carbons (Fsp3) is 0.545. The van der Waals surface area contributed by atoms with Gasteiger partial charge in [-0.15, -0.1) is 11.3 Å². The third kappa shape index (κ3) is 1.92. The van der Waals surface area contributed by atoms with E-state index in [1.165, 1.54) is 11.3 Å². The molecule has 15 heavy (non-hydrogen) atoms. The van der Waals surface area contributed by atoms with Crippen molar-refractivity contribution in [3.05, 3.63) is 16.3 Å². The van der Waals surface area contributed by atoms with Crippen LogP contribution in [0.25, 0.3) is 0 Å². The molecule has 0 aromatic carbocycles. The minimum absolute atomic E-state index is 0.0662. The average Bonchev–Trinajstić information content (AvgIpc) is 2.72. The normalized spacial score (nSPS) is 24.5. The molecule has 0 radical (unpaired) electrons. The van der Waals surface area contributed by atoms with Gasteiger partial charge in [-0.2, -0.15) is 0 Å². The molecule has 4 heteroatoms. The van der Waals surface area contributed by atoms with Crippen LogP contribution in [0.1, 0.15) is 23.5 Å². The van der Waals surface area contributed by atoms with Crippen LogP contribution in [0.2, 0.25) is 0 Å². The smallest absolute Gasteiger partial charge is 0.160 e. The first kappa shape index (κ1) is 10.6. The summed E-state index contributed by atoms with van der Waals surface area (Å²) in [6.07, 6.45) is 0.573. The second-order valence-corrected chi connectivity index (χ2v) is 5.65. The van der Waals surface area contributed by atoms with E-state index in [4.69, 9.17) is 0 Å². The second kappa shape index (κ2) is 3.61. The fourth-order valence-corrected chi connectivity index (χ4v) is 2.60. The zero-order valence-corrected chi connectivity index (χ0v) is 9.75.